The van der Waals surface area contributed by atoms with Crippen molar-refractivity contribution in [2.45, 2.75) is 31.8 Å². The normalized spacial score (nSPS) is 28.3. The van der Waals surface area contributed by atoms with Gasteiger partial charge in [-0.2, -0.15) is 0 Å². The molecule has 0 amide bonds. The number of aliphatic carboxylic acids is 1. The molecule has 1 saturated carbocycles. The molecule has 0 heterocycles. The smallest absolute Gasteiger partial charge is 0.313 e. The predicted molar refractivity (Wildman–Crippen MR) is 35.4 cm³/mol. The summed E-state index contributed by atoms with van der Waals surface area (Å²) in [5.41, 5.74) is 0. The molecule has 3 nitrogen and oxygen atoms in total. The Morgan fingerprint density at radius 3 is 2.60 bits per heavy atom. The van der Waals surface area contributed by atoms with E-state index in [2.05, 4.69) is 0 Å². The molecule has 0 bridgehead atoms. The number of rotatable bonds is 1. The molecular weight excluding hydrogens is 132 g/mol. The van der Waals surface area contributed by atoms with Gasteiger partial charge < -0.3 is 10.2 Å². The van der Waals surface area contributed by atoms with Gasteiger partial charge in [0.25, 0.3) is 0 Å². The van der Waals surface area contributed by atoms with Crippen LogP contribution in [-0.4, -0.2) is 22.3 Å². The van der Waals surface area contributed by atoms with Gasteiger partial charge >= 0.3 is 5.97 Å². The number of aliphatic hydroxyl groups excluding tert-OH is 1. The van der Waals surface area contributed by atoms with E-state index in [-0.39, 0.29) is 5.92 Å². The van der Waals surface area contributed by atoms with Crippen LogP contribution in [0.1, 0.15) is 25.7 Å². The number of hydrogen-bond donors (Lipinski definition) is 2. The molecule has 1 unspecified atom stereocenters. The number of carboxylic acid groups (broad SMARTS) is 1. The number of carboxylic acids is 1. The van der Waals surface area contributed by atoms with Crippen LogP contribution >= 0.6 is 0 Å². The van der Waals surface area contributed by atoms with E-state index in [1.54, 1.807) is 0 Å². The molecule has 10 heavy (non-hydrogen) atoms. The van der Waals surface area contributed by atoms with Gasteiger partial charge in [-0.05, 0) is 12.8 Å². The van der Waals surface area contributed by atoms with Gasteiger partial charge in [-0.15, -0.1) is 0 Å². The van der Waals surface area contributed by atoms with Crippen LogP contribution < -0.4 is 0 Å². The van der Waals surface area contributed by atoms with Gasteiger partial charge in [0.1, 0.15) is 5.92 Å². The van der Waals surface area contributed by atoms with Crippen LogP contribution in [0.15, 0.2) is 0 Å². The van der Waals surface area contributed by atoms with E-state index < -0.39 is 12.1 Å². The van der Waals surface area contributed by atoms with Crippen molar-refractivity contribution in [1.29, 1.82) is 0 Å². The Labute approximate surface area is 59.7 Å². The number of carbonyl (C=O) groups is 1. The van der Waals surface area contributed by atoms with Crippen molar-refractivity contribution in [3.63, 3.8) is 0 Å². The van der Waals surface area contributed by atoms with Gasteiger partial charge in [0.2, 0.25) is 0 Å². The van der Waals surface area contributed by atoms with Crippen molar-refractivity contribution < 1.29 is 15.0 Å². The van der Waals surface area contributed by atoms with E-state index in [1.165, 1.54) is 0 Å². The summed E-state index contributed by atoms with van der Waals surface area (Å²) in [5, 5.41) is 17.6. The third-order valence-corrected chi connectivity index (χ3v) is 1.85. The predicted octanol–water partition coefficient (Wildman–Crippen LogP) is 0.580. The summed E-state index contributed by atoms with van der Waals surface area (Å²) in [4.78, 5) is 10.4. The Hall–Kier alpha value is -0.570. The average molecular weight is 143 g/mol. The van der Waals surface area contributed by atoms with Crippen molar-refractivity contribution in [1.82, 2.24) is 0 Å². The van der Waals surface area contributed by atoms with Crippen LogP contribution in [0, 0.1) is 5.92 Å². The Kier molecular flexibility index (Phi) is 2.27. The minimum atomic E-state index is -0.938. The monoisotopic (exact) mass is 143 g/mol. The zero-order valence-corrected chi connectivity index (χ0v) is 5.71. The van der Waals surface area contributed by atoms with E-state index in [1.807, 2.05) is 0 Å². The Morgan fingerprint density at radius 1 is 1.50 bits per heavy atom. The first-order valence-corrected chi connectivity index (χ1v) is 3.49. The summed E-state index contributed by atoms with van der Waals surface area (Å²) in [5.74, 6) is -0.654. The molecule has 0 aromatic heterocycles. The van der Waals surface area contributed by atoms with Crippen molar-refractivity contribution >= 4 is 5.97 Å². The Bertz CT molecular complexity index is 133. The lowest BCUT2D eigenvalue weighted by Crippen LogP contribution is -2.28. The zero-order chi connectivity index (χ0) is 7.56. The fourth-order valence-corrected chi connectivity index (χ4v) is 1.24. The maximum atomic E-state index is 10.4. The summed E-state index contributed by atoms with van der Waals surface area (Å²) >= 11 is 0. The SMILES string of the molecule is O=C(O)[C]1CCCCC1O. The average Bonchev–Trinajstić information content (AvgIpc) is 1.88. The van der Waals surface area contributed by atoms with E-state index in [0.29, 0.717) is 12.8 Å². The molecule has 3 heteroatoms. The topological polar surface area (TPSA) is 57.5 Å². The highest BCUT2D eigenvalue weighted by atomic mass is 16.4. The first-order chi connectivity index (χ1) is 4.72. The summed E-state index contributed by atoms with van der Waals surface area (Å²) in [6.07, 6.45) is 2.32. The second kappa shape index (κ2) is 3.01. The molecule has 0 aromatic rings. The fourth-order valence-electron chi connectivity index (χ4n) is 1.24. The molecule has 1 radical (unpaired) electrons. The first-order valence-electron chi connectivity index (χ1n) is 3.49. The van der Waals surface area contributed by atoms with E-state index >= 15 is 0 Å². The minimum absolute atomic E-state index is 0.284. The second-order valence-electron chi connectivity index (χ2n) is 2.59. The van der Waals surface area contributed by atoms with Gasteiger partial charge in [0.05, 0.1) is 6.10 Å². The van der Waals surface area contributed by atoms with Gasteiger partial charge in [0.15, 0.2) is 0 Å². The standard InChI is InChI=1S/C7H11O3/c8-6-4-2-1-3-5(6)7(9)10/h6,8H,1-4H2,(H,9,10). The molecule has 57 valence electrons. The lowest BCUT2D eigenvalue weighted by molar-refractivity contribution is -0.137. The molecule has 1 fully saturated rings. The minimum Gasteiger partial charge on any atom is -0.481 e. The fraction of sp³-hybridized carbons (Fsp3) is 0.714. The van der Waals surface area contributed by atoms with Gasteiger partial charge in [-0.25, -0.2) is 0 Å². The Balaban J connectivity index is 2.47. The van der Waals surface area contributed by atoms with E-state index in [4.69, 9.17) is 10.2 Å². The molecule has 0 spiro atoms. The number of hydrogen-bond acceptors (Lipinski definition) is 2. The summed E-state index contributed by atoms with van der Waals surface area (Å²) < 4.78 is 0. The first kappa shape index (κ1) is 7.54. The largest absolute Gasteiger partial charge is 0.481 e. The van der Waals surface area contributed by atoms with Gasteiger partial charge in [-0.1, -0.05) is 12.8 Å². The number of aliphatic hydroxyl groups is 1. The van der Waals surface area contributed by atoms with Crippen LogP contribution in [0.2, 0.25) is 0 Å². The zero-order valence-electron chi connectivity index (χ0n) is 5.71. The molecule has 2 N–H and O–H groups in total. The van der Waals surface area contributed by atoms with Crippen LogP contribution in [-0.2, 0) is 4.79 Å². The van der Waals surface area contributed by atoms with E-state index in [0.717, 1.165) is 12.8 Å². The molecule has 1 aliphatic carbocycles. The van der Waals surface area contributed by atoms with Crippen molar-refractivity contribution in [2.75, 3.05) is 0 Å². The van der Waals surface area contributed by atoms with Crippen LogP contribution in [0.3, 0.4) is 0 Å². The maximum Gasteiger partial charge on any atom is 0.313 e. The van der Waals surface area contributed by atoms with Gasteiger partial charge in [-0.3, -0.25) is 4.79 Å². The molecular formula is C7H11O3. The molecule has 0 saturated heterocycles. The second-order valence-corrected chi connectivity index (χ2v) is 2.59. The maximum absolute atomic E-state index is 10.4. The summed E-state index contributed by atoms with van der Waals surface area (Å²) in [7, 11) is 0. The molecule has 1 atom stereocenters. The quantitative estimate of drug-likeness (QED) is 0.564. The third-order valence-electron chi connectivity index (χ3n) is 1.85. The van der Waals surface area contributed by atoms with Crippen LogP contribution in [0.4, 0.5) is 0 Å². The summed E-state index contributed by atoms with van der Waals surface area (Å²) in [6, 6.07) is 0. The molecule has 1 aliphatic rings. The molecule has 0 aliphatic heterocycles. The lowest BCUT2D eigenvalue weighted by atomic mass is 9.87. The van der Waals surface area contributed by atoms with Crippen molar-refractivity contribution in [3.05, 3.63) is 5.92 Å². The molecule has 1 rings (SSSR count). The van der Waals surface area contributed by atoms with Gasteiger partial charge in [0, 0.05) is 0 Å². The lowest BCUT2D eigenvalue weighted by Gasteiger charge is -2.22. The highest BCUT2D eigenvalue weighted by Crippen LogP contribution is 2.25. The molecule has 0 aromatic carbocycles. The van der Waals surface area contributed by atoms with Crippen molar-refractivity contribution in [3.8, 4) is 0 Å². The highest BCUT2D eigenvalue weighted by molar-refractivity contribution is 5.83. The van der Waals surface area contributed by atoms with Crippen molar-refractivity contribution in [2.24, 2.45) is 0 Å². The Morgan fingerprint density at radius 2 is 2.20 bits per heavy atom. The third kappa shape index (κ3) is 1.48. The van der Waals surface area contributed by atoms with Crippen LogP contribution in [0.5, 0.6) is 0 Å². The highest BCUT2D eigenvalue weighted by Gasteiger charge is 2.29. The van der Waals surface area contributed by atoms with E-state index in [9.17, 15) is 4.79 Å². The van der Waals surface area contributed by atoms with Crippen LogP contribution in [0.25, 0.3) is 0 Å². The summed E-state index contributed by atoms with van der Waals surface area (Å²) in [6.45, 7) is 0.